The zero-order valence-corrected chi connectivity index (χ0v) is 15.4. The van der Waals surface area contributed by atoms with Crippen molar-refractivity contribution in [3.8, 4) is 5.75 Å². The molecule has 0 aliphatic rings. The molecule has 1 atom stereocenters. The lowest BCUT2D eigenvalue weighted by Gasteiger charge is -2.15. The van der Waals surface area contributed by atoms with Crippen molar-refractivity contribution in [2.45, 2.75) is 37.6 Å². The molecular weight excluding hydrogens is 332 g/mol. The van der Waals surface area contributed by atoms with Gasteiger partial charge in [-0.05, 0) is 31.5 Å². The molecule has 0 aromatic heterocycles. The molecule has 0 spiro atoms. The molecule has 0 saturated heterocycles. The molecule has 0 unspecified atom stereocenters. The van der Waals surface area contributed by atoms with Crippen LogP contribution in [0.15, 0.2) is 23.1 Å². The number of carbonyl (C=O) groups is 1. The standard InChI is InChI=1S/C16H26N2O5S/c1-5-6-12(2)18-16(19)13-7-8-14(23-4)15(11-13)24(20,21)17-9-10-22-3/h7-8,11-12,17H,5-6,9-10H2,1-4H3,(H,18,19)/t12-/m1/s1. The quantitative estimate of drug-likeness (QED) is 0.619. The van der Waals surface area contributed by atoms with Crippen molar-refractivity contribution in [3.05, 3.63) is 23.8 Å². The minimum Gasteiger partial charge on any atom is -0.495 e. The molecule has 0 bridgehead atoms. The van der Waals surface area contributed by atoms with Crippen molar-refractivity contribution in [1.29, 1.82) is 0 Å². The Morgan fingerprint density at radius 3 is 2.58 bits per heavy atom. The first-order chi connectivity index (χ1) is 11.4. The van der Waals surface area contributed by atoms with E-state index in [4.69, 9.17) is 9.47 Å². The van der Waals surface area contributed by atoms with Gasteiger partial charge < -0.3 is 14.8 Å². The maximum atomic E-state index is 12.4. The summed E-state index contributed by atoms with van der Waals surface area (Å²) in [5.74, 6) is -0.134. The van der Waals surface area contributed by atoms with E-state index in [0.717, 1.165) is 12.8 Å². The summed E-state index contributed by atoms with van der Waals surface area (Å²) in [6.07, 6.45) is 1.80. The van der Waals surface area contributed by atoms with Gasteiger partial charge in [0, 0.05) is 25.3 Å². The summed E-state index contributed by atoms with van der Waals surface area (Å²) in [4.78, 5) is 12.2. The van der Waals surface area contributed by atoms with Gasteiger partial charge in [0.05, 0.1) is 13.7 Å². The van der Waals surface area contributed by atoms with Crippen molar-refractivity contribution in [1.82, 2.24) is 10.0 Å². The van der Waals surface area contributed by atoms with E-state index in [0.29, 0.717) is 0 Å². The second-order valence-electron chi connectivity index (χ2n) is 5.42. The fourth-order valence-electron chi connectivity index (χ4n) is 2.20. The van der Waals surface area contributed by atoms with Gasteiger partial charge in [-0.15, -0.1) is 0 Å². The molecule has 0 heterocycles. The molecule has 2 N–H and O–H groups in total. The van der Waals surface area contributed by atoms with E-state index in [2.05, 4.69) is 10.0 Å². The monoisotopic (exact) mass is 358 g/mol. The first kappa shape index (κ1) is 20.4. The third kappa shape index (κ3) is 5.77. The van der Waals surface area contributed by atoms with Gasteiger partial charge in [-0.1, -0.05) is 13.3 Å². The first-order valence-electron chi connectivity index (χ1n) is 7.83. The van der Waals surface area contributed by atoms with E-state index in [1.807, 2.05) is 13.8 Å². The average Bonchev–Trinajstić information content (AvgIpc) is 2.54. The van der Waals surface area contributed by atoms with Crippen LogP contribution < -0.4 is 14.8 Å². The molecule has 136 valence electrons. The van der Waals surface area contributed by atoms with Crippen molar-refractivity contribution < 1.29 is 22.7 Å². The van der Waals surface area contributed by atoms with Gasteiger partial charge >= 0.3 is 0 Å². The Balaban J connectivity index is 3.05. The Bertz CT molecular complexity index is 646. The lowest BCUT2D eigenvalue weighted by molar-refractivity contribution is 0.0938. The summed E-state index contributed by atoms with van der Waals surface area (Å²) in [5.41, 5.74) is 0.269. The van der Waals surface area contributed by atoms with Crippen molar-refractivity contribution in [2.75, 3.05) is 27.4 Å². The van der Waals surface area contributed by atoms with Gasteiger partial charge in [0.2, 0.25) is 10.0 Å². The van der Waals surface area contributed by atoms with Crippen molar-refractivity contribution >= 4 is 15.9 Å². The second kappa shape index (κ2) is 9.61. The SMILES string of the molecule is CCC[C@@H](C)NC(=O)c1ccc(OC)c(S(=O)(=O)NCCOC)c1. The van der Waals surface area contributed by atoms with Crippen LogP contribution in [0.4, 0.5) is 0 Å². The normalized spacial score (nSPS) is 12.7. The van der Waals surface area contributed by atoms with Crippen LogP contribution in [0.3, 0.4) is 0 Å². The number of carbonyl (C=O) groups excluding carboxylic acids is 1. The summed E-state index contributed by atoms with van der Waals surface area (Å²) < 4.78 is 37.2. The highest BCUT2D eigenvalue weighted by Gasteiger charge is 2.21. The Morgan fingerprint density at radius 1 is 1.29 bits per heavy atom. The number of rotatable bonds is 10. The lowest BCUT2D eigenvalue weighted by Crippen LogP contribution is -2.33. The van der Waals surface area contributed by atoms with Gasteiger partial charge in [0.15, 0.2) is 0 Å². The van der Waals surface area contributed by atoms with Gasteiger partial charge in [-0.3, -0.25) is 4.79 Å². The number of nitrogens with one attached hydrogen (secondary N) is 2. The summed E-state index contributed by atoms with van der Waals surface area (Å²) in [6.45, 7) is 4.32. The van der Waals surface area contributed by atoms with Crippen LogP contribution in [0, 0.1) is 0 Å². The average molecular weight is 358 g/mol. The Morgan fingerprint density at radius 2 is 2.00 bits per heavy atom. The van der Waals surface area contributed by atoms with Crippen molar-refractivity contribution in [3.63, 3.8) is 0 Å². The molecule has 0 radical (unpaired) electrons. The summed E-state index contributed by atoms with van der Waals surface area (Å²) in [6, 6.07) is 4.36. The van der Waals surface area contributed by atoms with Gasteiger partial charge in [0.1, 0.15) is 10.6 Å². The molecule has 0 aliphatic carbocycles. The van der Waals surface area contributed by atoms with Crippen LogP contribution >= 0.6 is 0 Å². The molecule has 8 heteroatoms. The van der Waals surface area contributed by atoms with Crippen LogP contribution in [0.25, 0.3) is 0 Å². The number of amides is 1. The molecule has 1 aromatic rings. The van der Waals surface area contributed by atoms with Gasteiger partial charge in [-0.2, -0.15) is 0 Å². The van der Waals surface area contributed by atoms with E-state index >= 15 is 0 Å². The smallest absolute Gasteiger partial charge is 0.251 e. The third-order valence-corrected chi connectivity index (χ3v) is 4.90. The fraction of sp³-hybridized carbons (Fsp3) is 0.562. The Labute approximate surface area is 143 Å². The van der Waals surface area contributed by atoms with Crippen LogP contribution in [-0.2, 0) is 14.8 Å². The first-order valence-corrected chi connectivity index (χ1v) is 9.31. The van der Waals surface area contributed by atoms with E-state index in [1.54, 1.807) is 6.07 Å². The van der Waals surface area contributed by atoms with E-state index < -0.39 is 10.0 Å². The third-order valence-electron chi connectivity index (χ3n) is 3.41. The minimum atomic E-state index is -3.80. The predicted octanol–water partition coefficient (Wildman–Crippen LogP) is 1.54. The molecule has 1 rings (SSSR count). The molecule has 0 aliphatic heterocycles. The summed E-state index contributed by atoms with van der Waals surface area (Å²) in [5, 5.41) is 2.85. The maximum Gasteiger partial charge on any atom is 0.251 e. The van der Waals surface area contributed by atoms with Crippen LogP contribution in [-0.4, -0.2) is 47.7 Å². The van der Waals surface area contributed by atoms with Crippen molar-refractivity contribution in [2.24, 2.45) is 0 Å². The summed E-state index contributed by atoms with van der Waals surface area (Å²) in [7, 11) is -0.940. The molecule has 1 aromatic carbocycles. The van der Waals surface area contributed by atoms with E-state index in [-0.39, 0.29) is 41.3 Å². The largest absolute Gasteiger partial charge is 0.495 e. The topological polar surface area (TPSA) is 93.7 Å². The highest BCUT2D eigenvalue weighted by molar-refractivity contribution is 7.89. The van der Waals surface area contributed by atoms with E-state index in [9.17, 15) is 13.2 Å². The maximum absolute atomic E-state index is 12.4. The predicted molar refractivity (Wildman–Crippen MR) is 91.9 cm³/mol. The van der Waals surface area contributed by atoms with Gasteiger partial charge in [-0.25, -0.2) is 13.1 Å². The second-order valence-corrected chi connectivity index (χ2v) is 7.15. The highest BCUT2D eigenvalue weighted by atomic mass is 32.2. The van der Waals surface area contributed by atoms with Crippen LogP contribution in [0.5, 0.6) is 5.75 Å². The lowest BCUT2D eigenvalue weighted by atomic mass is 10.1. The Hall–Kier alpha value is -1.64. The molecule has 0 fully saturated rings. The number of hydrogen-bond donors (Lipinski definition) is 2. The molecule has 24 heavy (non-hydrogen) atoms. The zero-order valence-electron chi connectivity index (χ0n) is 14.6. The van der Waals surface area contributed by atoms with Crippen LogP contribution in [0.2, 0.25) is 0 Å². The van der Waals surface area contributed by atoms with E-state index in [1.165, 1.54) is 26.4 Å². The fourth-order valence-corrected chi connectivity index (χ4v) is 3.40. The Kier molecular flexibility index (Phi) is 8.17. The number of benzene rings is 1. The zero-order chi connectivity index (χ0) is 18.2. The molecule has 0 saturated carbocycles. The minimum absolute atomic E-state index is 0.0180. The molecule has 1 amide bonds. The number of hydrogen-bond acceptors (Lipinski definition) is 5. The van der Waals surface area contributed by atoms with Gasteiger partial charge in [0.25, 0.3) is 5.91 Å². The molecular formula is C16H26N2O5S. The number of methoxy groups -OCH3 is 2. The highest BCUT2D eigenvalue weighted by Crippen LogP contribution is 2.24. The summed E-state index contributed by atoms with van der Waals surface area (Å²) >= 11 is 0. The number of sulfonamides is 1. The molecule has 7 nitrogen and oxygen atoms in total. The van der Waals surface area contributed by atoms with Crippen LogP contribution in [0.1, 0.15) is 37.0 Å². The number of ether oxygens (including phenoxy) is 2.